The van der Waals surface area contributed by atoms with Crippen molar-refractivity contribution in [3.05, 3.63) is 95.1 Å². The summed E-state index contributed by atoms with van der Waals surface area (Å²) in [5.74, 6) is 1.52. The number of guanidine groups is 1. The third kappa shape index (κ3) is 4.75. The van der Waals surface area contributed by atoms with E-state index in [0.29, 0.717) is 22.5 Å². The number of hydrazine groups is 1. The highest BCUT2D eigenvalue weighted by molar-refractivity contribution is 6.31. The molecule has 0 fully saturated rings. The van der Waals surface area contributed by atoms with Crippen LogP contribution in [0.5, 0.6) is 11.5 Å². The van der Waals surface area contributed by atoms with E-state index in [1.54, 1.807) is 24.4 Å². The predicted molar refractivity (Wildman–Crippen MR) is 125 cm³/mol. The van der Waals surface area contributed by atoms with Gasteiger partial charge in [0, 0.05) is 22.3 Å². The van der Waals surface area contributed by atoms with Gasteiger partial charge in [-0.15, -0.1) is 0 Å². The Morgan fingerprint density at radius 1 is 0.971 bits per heavy atom. The van der Waals surface area contributed by atoms with Gasteiger partial charge in [-0.05, 0) is 60.2 Å². The molecule has 1 unspecified atom stereocenters. The maximum absolute atomic E-state index is 13.0. The Labute approximate surface area is 197 Å². The third-order valence-corrected chi connectivity index (χ3v) is 5.34. The van der Waals surface area contributed by atoms with Gasteiger partial charge in [0.15, 0.2) is 0 Å². The van der Waals surface area contributed by atoms with E-state index in [1.165, 1.54) is 12.1 Å². The van der Waals surface area contributed by atoms with Gasteiger partial charge in [0.05, 0.1) is 11.1 Å². The van der Waals surface area contributed by atoms with Crippen LogP contribution in [0.3, 0.4) is 0 Å². The van der Waals surface area contributed by atoms with Gasteiger partial charge in [-0.25, -0.2) is 10.4 Å². The Kier molecular flexibility index (Phi) is 5.72. The Balaban J connectivity index is 1.33. The van der Waals surface area contributed by atoms with Gasteiger partial charge < -0.3 is 10.1 Å². The number of hydrogen-bond donors (Lipinski definition) is 3. The zero-order valence-electron chi connectivity index (χ0n) is 17.4. The van der Waals surface area contributed by atoms with E-state index in [2.05, 4.69) is 26.1 Å². The average molecular weight is 484 g/mol. The van der Waals surface area contributed by atoms with E-state index in [-0.39, 0.29) is 5.69 Å². The monoisotopic (exact) mass is 483 g/mol. The lowest BCUT2D eigenvalue weighted by Gasteiger charge is -2.12. The van der Waals surface area contributed by atoms with Crippen LogP contribution in [-0.2, 0) is 6.18 Å². The first-order chi connectivity index (χ1) is 16.3. The first kappa shape index (κ1) is 22.0. The molecule has 0 spiro atoms. The van der Waals surface area contributed by atoms with Crippen LogP contribution in [0, 0.1) is 0 Å². The molecule has 1 aromatic heterocycles. The molecular weight excluding hydrogens is 467 g/mol. The second-order valence-electron chi connectivity index (χ2n) is 7.50. The van der Waals surface area contributed by atoms with E-state index in [0.717, 1.165) is 28.6 Å². The minimum Gasteiger partial charge on any atom is -0.457 e. The Bertz CT molecular complexity index is 1390. The average Bonchev–Trinajstić information content (AvgIpc) is 3.27. The molecule has 0 saturated carbocycles. The minimum atomic E-state index is -4.42. The van der Waals surface area contributed by atoms with E-state index >= 15 is 0 Å². The second-order valence-corrected chi connectivity index (χ2v) is 7.93. The smallest absolute Gasteiger partial charge is 0.416 e. The third-order valence-electron chi connectivity index (χ3n) is 5.10. The molecule has 0 radical (unpaired) electrons. The summed E-state index contributed by atoms with van der Waals surface area (Å²) in [7, 11) is 0. The largest absolute Gasteiger partial charge is 0.457 e. The molecule has 6 nitrogen and oxygen atoms in total. The van der Waals surface area contributed by atoms with E-state index in [4.69, 9.17) is 16.3 Å². The number of ether oxygens (including phenoxy) is 1. The van der Waals surface area contributed by atoms with Crippen molar-refractivity contribution in [1.29, 1.82) is 0 Å². The molecule has 3 aromatic carbocycles. The Morgan fingerprint density at radius 3 is 2.68 bits per heavy atom. The summed E-state index contributed by atoms with van der Waals surface area (Å²) >= 11 is 6.05. The predicted octanol–water partition coefficient (Wildman–Crippen LogP) is 6.27. The van der Waals surface area contributed by atoms with Gasteiger partial charge in [-0.1, -0.05) is 29.8 Å². The van der Waals surface area contributed by atoms with Crippen molar-refractivity contribution < 1.29 is 17.9 Å². The second kappa shape index (κ2) is 8.85. The molecule has 4 aromatic rings. The van der Waals surface area contributed by atoms with Gasteiger partial charge in [0.2, 0.25) is 5.96 Å². The number of aromatic nitrogens is 1. The number of benzene rings is 3. The lowest BCUT2D eigenvalue weighted by molar-refractivity contribution is -0.137. The van der Waals surface area contributed by atoms with Crippen LogP contribution < -0.4 is 20.9 Å². The van der Waals surface area contributed by atoms with Crippen LogP contribution in [0.2, 0.25) is 5.02 Å². The van der Waals surface area contributed by atoms with Crippen molar-refractivity contribution in [1.82, 2.24) is 15.8 Å². The number of nitrogens with one attached hydrogen (secondary N) is 3. The number of anilines is 1. The molecule has 0 saturated heterocycles. The van der Waals surface area contributed by atoms with Gasteiger partial charge in [-0.2, -0.15) is 13.2 Å². The number of aliphatic imine (C=N–C) groups is 1. The highest BCUT2D eigenvalue weighted by Crippen LogP contribution is 2.32. The van der Waals surface area contributed by atoms with Gasteiger partial charge in [-0.3, -0.25) is 10.4 Å². The number of hydrogen-bond acceptors (Lipinski definition) is 6. The first-order valence-electron chi connectivity index (χ1n) is 10.2. The molecule has 172 valence electrons. The van der Waals surface area contributed by atoms with Gasteiger partial charge in [0.25, 0.3) is 0 Å². The van der Waals surface area contributed by atoms with Crippen molar-refractivity contribution in [3.8, 4) is 11.5 Å². The number of nitrogens with zero attached hydrogens (tertiary/aromatic N) is 2. The molecule has 3 N–H and O–H groups in total. The van der Waals surface area contributed by atoms with E-state index in [9.17, 15) is 13.2 Å². The molecule has 1 aliphatic heterocycles. The maximum atomic E-state index is 13.0. The summed E-state index contributed by atoms with van der Waals surface area (Å²) in [6.07, 6.45) is -3.24. The summed E-state index contributed by atoms with van der Waals surface area (Å²) < 4.78 is 45.0. The van der Waals surface area contributed by atoms with E-state index < -0.39 is 17.9 Å². The molecule has 34 heavy (non-hydrogen) atoms. The first-order valence-corrected chi connectivity index (χ1v) is 10.6. The number of fused-ring (bicyclic) bond motifs is 1. The van der Waals surface area contributed by atoms with Gasteiger partial charge >= 0.3 is 6.18 Å². The fourth-order valence-electron chi connectivity index (χ4n) is 3.52. The molecule has 5 rings (SSSR count). The highest BCUT2D eigenvalue weighted by Gasteiger charge is 2.30. The summed E-state index contributed by atoms with van der Waals surface area (Å²) in [6.45, 7) is 0. The van der Waals surface area contributed by atoms with Crippen LogP contribution in [0.4, 0.5) is 18.9 Å². The molecule has 0 aliphatic carbocycles. The number of pyridine rings is 1. The minimum absolute atomic E-state index is 0.269. The molecular formula is C24H17ClF3N5O. The van der Waals surface area contributed by atoms with Crippen molar-refractivity contribution >= 4 is 34.2 Å². The molecule has 10 heteroatoms. The standard InChI is InChI=1S/C24H17ClF3N5O/c25-16-7-8-19-20(13-16)29-10-9-21(19)34-18-6-1-3-14(11-18)22-31-23(33-32-22)30-17-5-2-4-15(12-17)24(26,27)28/h1-13,22,32H,(H2,30,31,33). The summed E-state index contributed by atoms with van der Waals surface area (Å²) in [6, 6.07) is 19.4. The highest BCUT2D eigenvalue weighted by atomic mass is 35.5. The van der Waals surface area contributed by atoms with Crippen molar-refractivity contribution in [2.24, 2.45) is 4.99 Å². The Hall–Kier alpha value is -3.82. The van der Waals surface area contributed by atoms with Crippen LogP contribution in [-0.4, -0.2) is 10.9 Å². The SMILES string of the molecule is FC(F)(F)c1cccc(NC2=NC(c3cccc(Oc4ccnc5cc(Cl)ccc45)c3)NN2)c1. The topological polar surface area (TPSA) is 70.6 Å². The number of alkyl halides is 3. The molecule has 0 bridgehead atoms. The van der Waals surface area contributed by atoms with Crippen LogP contribution in [0.25, 0.3) is 10.9 Å². The van der Waals surface area contributed by atoms with Crippen molar-refractivity contribution in [2.75, 3.05) is 5.32 Å². The van der Waals surface area contributed by atoms with Crippen molar-refractivity contribution in [2.45, 2.75) is 12.3 Å². The van der Waals surface area contributed by atoms with Crippen LogP contribution >= 0.6 is 11.6 Å². The van der Waals surface area contributed by atoms with Crippen LogP contribution in [0.1, 0.15) is 17.3 Å². The number of halogens is 4. The zero-order valence-corrected chi connectivity index (χ0v) is 18.2. The molecule has 2 heterocycles. The summed E-state index contributed by atoms with van der Waals surface area (Å²) in [4.78, 5) is 8.79. The molecule has 1 aliphatic rings. The quantitative estimate of drug-likeness (QED) is 0.319. The van der Waals surface area contributed by atoms with E-state index in [1.807, 2.05) is 30.3 Å². The summed E-state index contributed by atoms with van der Waals surface area (Å²) in [5, 5.41) is 4.27. The lowest BCUT2D eigenvalue weighted by atomic mass is 10.1. The fraction of sp³-hybridized carbons (Fsp3) is 0.0833. The fourth-order valence-corrected chi connectivity index (χ4v) is 3.69. The number of rotatable bonds is 4. The van der Waals surface area contributed by atoms with Gasteiger partial charge in [0.1, 0.15) is 17.7 Å². The van der Waals surface area contributed by atoms with Crippen molar-refractivity contribution in [3.63, 3.8) is 0 Å². The maximum Gasteiger partial charge on any atom is 0.416 e. The molecule has 0 amide bonds. The normalized spacial score (nSPS) is 15.6. The van der Waals surface area contributed by atoms with Crippen LogP contribution in [0.15, 0.2) is 84.0 Å². The lowest BCUT2D eigenvalue weighted by Crippen LogP contribution is -2.35. The Morgan fingerprint density at radius 2 is 1.82 bits per heavy atom. The molecule has 1 atom stereocenters. The zero-order chi connectivity index (χ0) is 23.7. The summed E-state index contributed by atoms with van der Waals surface area (Å²) in [5.41, 5.74) is 6.90.